The van der Waals surface area contributed by atoms with Crippen molar-refractivity contribution in [3.63, 3.8) is 0 Å². The highest BCUT2D eigenvalue weighted by Gasteiger charge is 2.43. The molecule has 7 heteroatoms. The van der Waals surface area contributed by atoms with E-state index in [-0.39, 0.29) is 43.0 Å². The Bertz CT molecular complexity index is 654. The third-order valence-corrected chi connectivity index (χ3v) is 3.58. The Morgan fingerprint density at radius 3 is 2.75 bits per heavy atom. The van der Waals surface area contributed by atoms with E-state index in [1.54, 1.807) is 13.8 Å². The lowest BCUT2D eigenvalue weighted by Crippen LogP contribution is -2.67. The number of carbonyl (C=O) groups is 2. The van der Waals surface area contributed by atoms with Gasteiger partial charge < -0.3 is 20.1 Å². The molecule has 1 aromatic rings. The van der Waals surface area contributed by atoms with Gasteiger partial charge in [0.05, 0.1) is 31.3 Å². The summed E-state index contributed by atoms with van der Waals surface area (Å²) < 4.78 is 18.9. The van der Waals surface area contributed by atoms with E-state index in [1.807, 2.05) is 0 Å². The van der Waals surface area contributed by atoms with Gasteiger partial charge in [-0.05, 0) is 38.1 Å². The Kier molecular flexibility index (Phi) is 5.23. The summed E-state index contributed by atoms with van der Waals surface area (Å²) in [6, 6.07) is 3.70. The molecule has 0 bridgehead atoms. The van der Waals surface area contributed by atoms with Crippen LogP contribution in [0.3, 0.4) is 0 Å². The molecule has 2 amide bonds. The number of benzene rings is 1. The molecule has 1 aliphatic rings. The minimum atomic E-state index is -1.19. The van der Waals surface area contributed by atoms with Crippen LogP contribution in [0.15, 0.2) is 30.9 Å². The molecule has 0 saturated carbocycles. The first-order chi connectivity index (χ1) is 11.2. The van der Waals surface area contributed by atoms with Gasteiger partial charge in [-0.15, -0.1) is 0 Å². The molecule has 1 aromatic carbocycles. The average molecular weight is 336 g/mol. The van der Waals surface area contributed by atoms with Gasteiger partial charge in [-0.25, -0.2) is 4.39 Å². The zero-order valence-corrected chi connectivity index (χ0v) is 13.7. The number of amides is 2. The van der Waals surface area contributed by atoms with Crippen LogP contribution in [0, 0.1) is 5.82 Å². The summed E-state index contributed by atoms with van der Waals surface area (Å²) in [5, 5.41) is 12.8. The van der Waals surface area contributed by atoms with E-state index in [1.165, 1.54) is 23.1 Å². The molecular formula is C17H21FN2O4. The van der Waals surface area contributed by atoms with Gasteiger partial charge in [0.15, 0.2) is 0 Å². The molecular weight excluding hydrogens is 315 g/mol. The zero-order chi connectivity index (χ0) is 17.9. The predicted molar refractivity (Wildman–Crippen MR) is 86.2 cm³/mol. The number of carbonyl (C=O) groups excluding carboxylic acids is 2. The lowest BCUT2D eigenvalue weighted by molar-refractivity contribution is -0.148. The predicted octanol–water partition coefficient (Wildman–Crippen LogP) is 1.10. The van der Waals surface area contributed by atoms with Gasteiger partial charge in [-0.2, -0.15) is 0 Å². The first kappa shape index (κ1) is 17.9. The lowest BCUT2D eigenvalue weighted by Gasteiger charge is -2.46. The normalized spacial score (nSPS) is 15.6. The molecule has 0 radical (unpaired) electrons. The molecule has 0 spiro atoms. The van der Waals surface area contributed by atoms with Crippen molar-refractivity contribution in [3.05, 3.63) is 42.2 Å². The molecule has 24 heavy (non-hydrogen) atoms. The Morgan fingerprint density at radius 2 is 2.17 bits per heavy atom. The van der Waals surface area contributed by atoms with Crippen molar-refractivity contribution in [1.29, 1.82) is 0 Å². The maximum atomic E-state index is 13.4. The number of β-amino-alcohol motifs (C(OH)–C–C–N with tert-alkyl or cyclic N) is 1. The van der Waals surface area contributed by atoms with Crippen molar-refractivity contribution in [1.82, 2.24) is 10.2 Å². The highest BCUT2D eigenvalue weighted by atomic mass is 19.1. The molecule has 6 nitrogen and oxygen atoms in total. The number of aliphatic hydroxyl groups is 1. The van der Waals surface area contributed by atoms with Crippen LogP contribution in [0.2, 0.25) is 0 Å². The zero-order valence-electron chi connectivity index (χ0n) is 13.7. The van der Waals surface area contributed by atoms with Crippen LogP contribution in [-0.4, -0.2) is 53.2 Å². The minimum absolute atomic E-state index is 0.0512. The van der Waals surface area contributed by atoms with E-state index in [0.29, 0.717) is 0 Å². The van der Waals surface area contributed by atoms with Crippen molar-refractivity contribution < 1.29 is 23.8 Å². The van der Waals surface area contributed by atoms with Gasteiger partial charge >= 0.3 is 0 Å². The molecule has 1 fully saturated rings. The van der Waals surface area contributed by atoms with Crippen LogP contribution < -0.4 is 10.1 Å². The molecule has 0 aliphatic carbocycles. The summed E-state index contributed by atoms with van der Waals surface area (Å²) in [4.78, 5) is 25.1. The topological polar surface area (TPSA) is 78.9 Å². The van der Waals surface area contributed by atoms with Gasteiger partial charge in [0, 0.05) is 0 Å². The maximum Gasteiger partial charge on any atom is 0.255 e. The number of nitrogens with zero attached hydrogens (tertiary/aromatic N) is 1. The van der Waals surface area contributed by atoms with Gasteiger partial charge in [0.2, 0.25) is 5.91 Å². The number of rotatable bonds is 6. The molecule has 2 N–H and O–H groups in total. The number of likely N-dealkylation sites (tertiary alicyclic amines) is 1. The number of halogens is 1. The summed E-state index contributed by atoms with van der Waals surface area (Å²) in [7, 11) is 0. The quantitative estimate of drug-likeness (QED) is 0.763. The van der Waals surface area contributed by atoms with Crippen molar-refractivity contribution >= 4 is 11.8 Å². The van der Waals surface area contributed by atoms with Gasteiger partial charge in [0.1, 0.15) is 17.2 Å². The third kappa shape index (κ3) is 4.11. The molecule has 0 atom stereocenters. The van der Waals surface area contributed by atoms with E-state index in [0.717, 1.165) is 6.07 Å². The fourth-order valence-electron chi connectivity index (χ4n) is 2.44. The minimum Gasteiger partial charge on any atom is -0.490 e. The molecule has 0 aromatic heterocycles. The molecule has 130 valence electrons. The van der Waals surface area contributed by atoms with Crippen LogP contribution >= 0.6 is 0 Å². The number of hydrogen-bond acceptors (Lipinski definition) is 4. The average Bonchev–Trinajstić information content (AvgIpc) is 2.50. The van der Waals surface area contributed by atoms with Gasteiger partial charge in [-0.3, -0.25) is 9.59 Å². The van der Waals surface area contributed by atoms with E-state index in [4.69, 9.17) is 4.74 Å². The summed E-state index contributed by atoms with van der Waals surface area (Å²) >= 11 is 0. The summed E-state index contributed by atoms with van der Waals surface area (Å²) in [5.41, 5.74) is -1.13. The third-order valence-electron chi connectivity index (χ3n) is 3.58. The number of nitrogens with one attached hydrogen (secondary N) is 1. The van der Waals surface area contributed by atoms with Crippen LogP contribution in [-0.2, 0) is 4.79 Å². The Labute approximate surface area is 139 Å². The monoisotopic (exact) mass is 336 g/mol. The second-order valence-electron chi connectivity index (χ2n) is 6.11. The highest BCUT2D eigenvalue weighted by molar-refractivity contribution is 5.97. The first-order valence-corrected chi connectivity index (χ1v) is 7.62. The fourth-order valence-corrected chi connectivity index (χ4v) is 2.44. The SMILES string of the molecule is C=CC(=O)N1CC(O)(CNC(=O)c2cc(F)ccc2OC(C)C)C1. The Morgan fingerprint density at radius 1 is 1.50 bits per heavy atom. The highest BCUT2D eigenvalue weighted by Crippen LogP contribution is 2.23. The van der Waals surface area contributed by atoms with E-state index in [9.17, 15) is 19.1 Å². The molecule has 1 aliphatic heterocycles. The summed E-state index contributed by atoms with van der Waals surface area (Å²) in [5.74, 6) is -1.11. The molecule has 1 heterocycles. The van der Waals surface area contributed by atoms with E-state index < -0.39 is 17.3 Å². The Balaban J connectivity index is 1.99. The lowest BCUT2D eigenvalue weighted by atomic mass is 9.94. The second-order valence-corrected chi connectivity index (χ2v) is 6.11. The Hall–Kier alpha value is -2.41. The standard InChI is InChI=1S/C17H21FN2O4/c1-4-15(21)20-9-17(23,10-20)8-19-16(22)13-7-12(18)5-6-14(13)24-11(2)3/h4-7,11,23H,1,8-10H2,2-3H3,(H,19,22). The van der Waals surface area contributed by atoms with Crippen LogP contribution in [0.25, 0.3) is 0 Å². The van der Waals surface area contributed by atoms with Gasteiger partial charge in [-0.1, -0.05) is 6.58 Å². The molecule has 2 rings (SSSR count). The van der Waals surface area contributed by atoms with Crippen molar-refractivity contribution in [2.75, 3.05) is 19.6 Å². The van der Waals surface area contributed by atoms with Gasteiger partial charge in [0.25, 0.3) is 5.91 Å². The van der Waals surface area contributed by atoms with Crippen molar-refractivity contribution in [2.24, 2.45) is 0 Å². The van der Waals surface area contributed by atoms with Crippen LogP contribution in [0.1, 0.15) is 24.2 Å². The summed E-state index contributed by atoms with van der Waals surface area (Å²) in [6.07, 6.45) is 0.997. The van der Waals surface area contributed by atoms with E-state index in [2.05, 4.69) is 11.9 Å². The second kappa shape index (κ2) is 7.00. The van der Waals surface area contributed by atoms with Crippen molar-refractivity contribution in [3.8, 4) is 5.75 Å². The largest absolute Gasteiger partial charge is 0.490 e. The molecule has 0 unspecified atom stereocenters. The van der Waals surface area contributed by atoms with Crippen LogP contribution in [0.5, 0.6) is 5.75 Å². The number of ether oxygens (including phenoxy) is 1. The first-order valence-electron chi connectivity index (χ1n) is 7.62. The van der Waals surface area contributed by atoms with Crippen LogP contribution in [0.4, 0.5) is 4.39 Å². The van der Waals surface area contributed by atoms with E-state index >= 15 is 0 Å². The molecule has 1 saturated heterocycles. The smallest absolute Gasteiger partial charge is 0.255 e. The fraction of sp³-hybridized carbons (Fsp3) is 0.412. The van der Waals surface area contributed by atoms with Crippen molar-refractivity contribution in [2.45, 2.75) is 25.6 Å². The number of hydrogen-bond donors (Lipinski definition) is 2. The maximum absolute atomic E-state index is 13.4. The summed E-state index contributed by atoms with van der Waals surface area (Å²) in [6.45, 7) is 7.14.